The number of halogens is 2. The number of nitrogens with one attached hydrogen (secondary N) is 1. The molecular weight excluding hydrogens is 317 g/mol. The smallest absolute Gasteiger partial charge is 0.212 e. The van der Waals surface area contributed by atoms with E-state index in [4.69, 9.17) is 23.2 Å². The predicted octanol–water partition coefficient (Wildman–Crippen LogP) is 3.83. The SMILES string of the molecule is CC(CCl)CS(=O)(=O)NC(c1ccc(Cl)cc1)C(C)C. The molecule has 0 saturated heterocycles. The van der Waals surface area contributed by atoms with E-state index in [1.54, 1.807) is 12.1 Å². The van der Waals surface area contributed by atoms with E-state index in [1.807, 2.05) is 32.9 Å². The summed E-state index contributed by atoms with van der Waals surface area (Å²) in [5.41, 5.74) is 0.909. The summed E-state index contributed by atoms with van der Waals surface area (Å²) < 4.78 is 27.1. The average Bonchev–Trinajstić information content (AvgIpc) is 2.36. The molecule has 0 amide bonds. The second kappa shape index (κ2) is 7.64. The molecular formula is C14H21Cl2NO2S. The van der Waals surface area contributed by atoms with E-state index in [-0.39, 0.29) is 23.6 Å². The molecule has 1 N–H and O–H groups in total. The molecule has 0 aliphatic rings. The minimum Gasteiger partial charge on any atom is -0.212 e. The first-order chi connectivity index (χ1) is 9.25. The van der Waals surface area contributed by atoms with Gasteiger partial charge in [-0.15, -0.1) is 11.6 Å². The number of sulfonamides is 1. The fourth-order valence-corrected chi connectivity index (χ4v) is 4.04. The minimum absolute atomic E-state index is 0.0350. The van der Waals surface area contributed by atoms with Gasteiger partial charge in [0.2, 0.25) is 10.0 Å². The van der Waals surface area contributed by atoms with Crippen LogP contribution < -0.4 is 4.72 Å². The van der Waals surface area contributed by atoms with Gasteiger partial charge in [0, 0.05) is 16.9 Å². The lowest BCUT2D eigenvalue weighted by Gasteiger charge is -2.23. The molecule has 2 atom stereocenters. The van der Waals surface area contributed by atoms with Crippen molar-refractivity contribution in [2.45, 2.75) is 26.8 Å². The number of benzene rings is 1. The van der Waals surface area contributed by atoms with Gasteiger partial charge in [-0.1, -0.05) is 44.5 Å². The van der Waals surface area contributed by atoms with Gasteiger partial charge in [-0.2, -0.15) is 0 Å². The van der Waals surface area contributed by atoms with Crippen molar-refractivity contribution in [2.75, 3.05) is 11.6 Å². The minimum atomic E-state index is -3.36. The van der Waals surface area contributed by atoms with Crippen molar-refractivity contribution < 1.29 is 8.42 Å². The molecule has 6 heteroatoms. The third kappa shape index (κ3) is 5.60. The van der Waals surface area contributed by atoms with Gasteiger partial charge < -0.3 is 0 Å². The van der Waals surface area contributed by atoms with E-state index in [1.165, 1.54) is 0 Å². The Bertz CT molecular complexity index is 514. The van der Waals surface area contributed by atoms with Crippen LogP contribution in [-0.4, -0.2) is 20.1 Å². The molecule has 0 fully saturated rings. The van der Waals surface area contributed by atoms with Crippen LogP contribution in [0.2, 0.25) is 5.02 Å². The molecule has 20 heavy (non-hydrogen) atoms. The molecule has 0 aliphatic heterocycles. The third-order valence-electron chi connectivity index (χ3n) is 2.97. The standard InChI is InChI=1S/C14H21Cl2NO2S/c1-10(2)14(12-4-6-13(16)7-5-12)17-20(18,19)9-11(3)8-15/h4-7,10-11,14,17H,8-9H2,1-3H3. The highest BCUT2D eigenvalue weighted by molar-refractivity contribution is 7.89. The number of hydrogen-bond acceptors (Lipinski definition) is 2. The van der Waals surface area contributed by atoms with E-state index in [0.29, 0.717) is 10.9 Å². The van der Waals surface area contributed by atoms with E-state index in [9.17, 15) is 8.42 Å². The first kappa shape index (κ1) is 17.8. The first-order valence-corrected chi connectivity index (χ1v) is 9.13. The summed E-state index contributed by atoms with van der Waals surface area (Å²) in [6.45, 7) is 5.78. The maximum absolute atomic E-state index is 12.2. The van der Waals surface area contributed by atoms with Crippen LogP contribution in [0.15, 0.2) is 24.3 Å². The van der Waals surface area contributed by atoms with Crippen LogP contribution in [0.4, 0.5) is 0 Å². The Kier molecular flexibility index (Phi) is 6.79. The lowest BCUT2D eigenvalue weighted by molar-refractivity contribution is 0.460. The van der Waals surface area contributed by atoms with Crippen molar-refractivity contribution in [1.29, 1.82) is 0 Å². The summed E-state index contributed by atoms with van der Waals surface area (Å²) in [5, 5.41) is 0.634. The quantitative estimate of drug-likeness (QED) is 0.768. The van der Waals surface area contributed by atoms with Crippen molar-refractivity contribution in [3.05, 3.63) is 34.9 Å². The van der Waals surface area contributed by atoms with Crippen molar-refractivity contribution in [2.24, 2.45) is 11.8 Å². The molecule has 2 unspecified atom stereocenters. The molecule has 0 bridgehead atoms. The number of rotatable bonds is 7. The summed E-state index contributed by atoms with van der Waals surface area (Å²) in [7, 11) is -3.36. The molecule has 0 saturated carbocycles. The maximum atomic E-state index is 12.2. The van der Waals surface area contributed by atoms with Crippen LogP contribution in [0, 0.1) is 11.8 Å². The van der Waals surface area contributed by atoms with E-state index in [2.05, 4.69) is 4.72 Å². The van der Waals surface area contributed by atoms with Gasteiger partial charge in [-0.3, -0.25) is 0 Å². The van der Waals surface area contributed by atoms with Crippen LogP contribution in [-0.2, 0) is 10.0 Å². The van der Waals surface area contributed by atoms with Gasteiger partial charge in [-0.25, -0.2) is 13.1 Å². The molecule has 1 aromatic carbocycles. The van der Waals surface area contributed by atoms with E-state index < -0.39 is 10.0 Å². The van der Waals surface area contributed by atoms with Gasteiger partial charge >= 0.3 is 0 Å². The normalized spacial score (nSPS) is 15.3. The second-order valence-corrected chi connectivity index (χ2v) is 7.98. The predicted molar refractivity (Wildman–Crippen MR) is 85.8 cm³/mol. The Morgan fingerprint density at radius 1 is 1.15 bits per heavy atom. The highest BCUT2D eigenvalue weighted by atomic mass is 35.5. The Morgan fingerprint density at radius 3 is 2.15 bits per heavy atom. The Labute approximate surface area is 131 Å². The Balaban J connectivity index is 2.90. The summed E-state index contributed by atoms with van der Waals surface area (Å²) >= 11 is 11.5. The van der Waals surface area contributed by atoms with Crippen LogP contribution in [0.25, 0.3) is 0 Å². The first-order valence-electron chi connectivity index (χ1n) is 6.56. The highest BCUT2D eigenvalue weighted by Gasteiger charge is 2.23. The van der Waals surface area contributed by atoms with Crippen molar-refractivity contribution >= 4 is 33.2 Å². The largest absolute Gasteiger partial charge is 0.212 e. The van der Waals surface area contributed by atoms with Gasteiger partial charge in [0.25, 0.3) is 0 Å². The Hall–Kier alpha value is -0.290. The van der Waals surface area contributed by atoms with Crippen LogP contribution in [0.1, 0.15) is 32.4 Å². The van der Waals surface area contributed by atoms with Gasteiger partial charge in [0.15, 0.2) is 0 Å². The van der Waals surface area contributed by atoms with Crippen molar-refractivity contribution in [1.82, 2.24) is 4.72 Å². The summed E-state index contributed by atoms with van der Waals surface area (Å²) in [6, 6.07) is 6.96. The van der Waals surface area contributed by atoms with Crippen LogP contribution in [0.3, 0.4) is 0 Å². The van der Waals surface area contributed by atoms with E-state index in [0.717, 1.165) is 5.56 Å². The molecule has 0 spiro atoms. The fraction of sp³-hybridized carbons (Fsp3) is 0.571. The molecule has 114 valence electrons. The summed E-state index contributed by atoms with van der Waals surface area (Å²) in [5.74, 6) is 0.422. The molecule has 0 aliphatic carbocycles. The second-order valence-electron chi connectivity index (χ2n) is 5.43. The lowest BCUT2D eigenvalue weighted by Crippen LogP contribution is -2.35. The lowest BCUT2D eigenvalue weighted by atomic mass is 9.97. The molecule has 1 rings (SSSR count). The van der Waals surface area contributed by atoms with Crippen molar-refractivity contribution in [3.8, 4) is 0 Å². The zero-order chi connectivity index (χ0) is 15.3. The van der Waals surface area contributed by atoms with Gasteiger partial charge in [0.05, 0.1) is 5.75 Å². The third-order valence-corrected chi connectivity index (χ3v) is 5.37. The summed E-state index contributed by atoms with van der Waals surface area (Å²) in [6.07, 6.45) is 0. The van der Waals surface area contributed by atoms with Gasteiger partial charge in [0.1, 0.15) is 0 Å². The highest BCUT2D eigenvalue weighted by Crippen LogP contribution is 2.24. The monoisotopic (exact) mass is 337 g/mol. The fourth-order valence-electron chi connectivity index (χ4n) is 1.92. The molecule has 0 heterocycles. The van der Waals surface area contributed by atoms with Crippen LogP contribution in [0.5, 0.6) is 0 Å². The van der Waals surface area contributed by atoms with Crippen LogP contribution >= 0.6 is 23.2 Å². The molecule has 1 aromatic rings. The van der Waals surface area contributed by atoms with E-state index >= 15 is 0 Å². The molecule has 3 nitrogen and oxygen atoms in total. The van der Waals surface area contributed by atoms with Crippen molar-refractivity contribution in [3.63, 3.8) is 0 Å². The molecule has 0 aromatic heterocycles. The summed E-state index contributed by atoms with van der Waals surface area (Å²) in [4.78, 5) is 0. The zero-order valence-electron chi connectivity index (χ0n) is 11.9. The number of alkyl halides is 1. The van der Waals surface area contributed by atoms with Gasteiger partial charge in [-0.05, 0) is 29.5 Å². The average molecular weight is 338 g/mol. The number of hydrogen-bond donors (Lipinski definition) is 1. The topological polar surface area (TPSA) is 46.2 Å². The maximum Gasteiger partial charge on any atom is 0.212 e. The molecule has 0 radical (unpaired) electrons. The zero-order valence-corrected chi connectivity index (χ0v) is 14.3. The Morgan fingerprint density at radius 2 is 1.70 bits per heavy atom.